The van der Waals surface area contributed by atoms with Crippen LogP contribution >= 0.6 is 0 Å². The number of ether oxygens (including phenoxy) is 1. The first-order valence-corrected chi connectivity index (χ1v) is 3.37. The fraction of sp³-hybridized carbons (Fsp3) is 0.125. The molecule has 0 unspecified atom stereocenters. The van der Waals surface area contributed by atoms with Crippen molar-refractivity contribution >= 4 is 17.7 Å². The lowest BCUT2D eigenvalue weighted by atomic mass is 10.1. The van der Waals surface area contributed by atoms with E-state index in [1.165, 1.54) is 7.11 Å². The molecular weight excluding hydrogens is 156 g/mol. The molecule has 1 aromatic carbocycles. The van der Waals surface area contributed by atoms with Crippen LogP contribution in [0.1, 0.15) is 10.4 Å². The third-order valence-electron chi connectivity index (χ3n) is 1.62. The van der Waals surface area contributed by atoms with Gasteiger partial charge in [0.25, 0.3) is 0 Å². The molecule has 1 aromatic rings. The first-order valence-electron chi connectivity index (χ1n) is 3.37. The second kappa shape index (κ2) is 3.13. The number of anilines is 2. The van der Waals surface area contributed by atoms with Crippen LogP contribution < -0.4 is 16.2 Å². The maximum atomic E-state index is 10.5. The van der Waals surface area contributed by atoms with Gasteiger partial charge in [-0.1, -0.05) is 0 Å². The largest absolute Gasteiger partial charge is 0.496 e. The van der Waals surface area contributed by atoms with E-state index >= 15 is 0 Å². The van der Waals surface area contributed by atoms with Crippen molar-refractivity contribution in [3.05, 3.63) is 17.7 Å². The van der Waals surface area contributed by atoms with Crippen molar-refractivity contribution in [3.63, 3.8) is 0 Å². The summed E-state index contributed by atoms with van der Waals surface area (Å²) in [6.07, 6.45) is 0.629. The number of nitrogens with two attached hydrogens (primary N) is 2. The lowest BCUT2D eigenvalue weighted by Crippen LogP contribution is -2.01. The van der Waals surface area contributed by atoms with Gasteiger partial charge in [-0.25, -0.2) is 0 Å². The summed E-state index contributed by atoms with van der Waals surface area (Å²) in [6.45, 7) is 0. The van der Waals surface area contributed by atoms with Crippen LogP contribution in [0.2, 0.25) is 0 Å². The van der Waals surface area contributed by atoms with E-state index in [9.17, 15) is 4.79 Å². The number of rotatable bonds is 2. The Labute approximate surface area is 70.1 Å². The number of nitrogen functional groups attached to an aromatic ring is 2. The van der Waals surface area contributed by atoms with Gasteiger partial charge in [0.2, 0.25) is 0 Å². The summed E-state index contributed by atoms with van der Waals surface area (Å²) in [5.74, 6) is 0.441. The van der Waals surface area contributed by atoms with E-state index in [0.29, 0.717) is 23.3 Å². The molecule has 0 saturated carbocycles. The number of carbonyl (C=O) groups is 1. The molecule has 0 aromatic heterocycles. The van der Waals surface area contributed by atoms with E-state index in [2.05, 4.69) is 0 Å². The number of hydrogen-bond donors (Lipinski definition) is 2. The Bertz CT molecular complexity index is 310. The van der Waals surface area contributed by atoms with E-state index in [1.807, 2.05) is 0 Å². The molecule has 4 nitrogen and oxygen atoms in total. The Morgan fingerprint density at radius 1 is 1.42 bits per heavy atom. The van der Waals surface area contributed by atoms with Gasteiger partial charge in [0.05, 0.1) is 24.0 Å². The molecule has 4 N–H and O–H groups in total. The predicted molar refractivity (Wildman–Crippen MR) is 47.2 cm³/mol. The van der Waals surface area contributed by atoms with Crippen molar-refractivity contribution in [3.8, 4) is 5.75 Å². The van der Waals surface area contributed by atoms with Gasteiger partial charge in [-0.2, -0.15) is 0 Å². The third-order valence-corrected chi connectivity index (χ3v) is 1.62. The summed E-state index contributed by atoms with van der Waals surface area (Å²) in [4.78, 5) is 10.5. The highest BCUT2D eigenvalue weighted by atomic mass is 16.5. The van der Waals surface area contributed by atoms with Gasteiger partial charge >= 0.3 is 0 Å². The van der Waals surface area contributed by atoms with E-state index < -0.39 is 0 Å². The van der Waals surface area contributed by atoms with E-state index in [-0.39, 0.29) is 5.69 Å². The fourth-order valence-corrected chi connectivity index (χ4v) is 0.933. The minimum absolute atomic E-state index is 0.268. The van der Waals surface area contributed by atoms with Gasteiger partial charge in [-0.15, -0.1) is 0 Å². The molecule has 0 radical (unpaired) electrons. The number of aldehydes is 1. The quantitative estimate of drug-likeness (QED) is 0.500. The van der Waals surface area contributed by atoms with Crippen LogP contribution in [0.3, 0.4) is 0 Å². The first-order chi connectivity index (χ1) is 5.70. The summed E-state index contributed by atoms with van der Waals surface area (Å²) < 4.78 is 4.91. The van der Waals surface area contributed by atoms with Crippen LogP contribution in [0.5, 0.6) is 5.75 Å². The number of benzene rings is 1. The lowest BCUT2D eigenvalue weighted by Gasteiger charge is -2.07. The van der Waals surface area contributed by atoms with Gasteiger partial charge in [0.15, 0.2) is 6.29 Å². The Kier molecular flexibility index (Phi) is 2.19. The van der Waals surface area contributed by atoms with Crippen molar-refractivity contribution in [2.24, 2.45) is 0 Å². The summed E-state index contributed by atoms with van der Waals surface area (Å²) in [6, 6.07) is 3.20. The van der Waals surface area contributed by atoms with Gasteiger partial charge in [0, 0.05) is 0 Å². The summed E-state index contributed by atoms with van der Waals surface area (Å²) in [7, 11) is 1.47. The molecule has 64 valence electrons. The Balaban J connectivity index is 3.35. The fourth-order valence-electron chi connectivity index (χ4n) is 0.933. The van der Waals surface area contributed by atoms with Crippen molar-refractivity contribution in [1.82, 2.24) is 0 Å². The van der Waals surface area contributed by atoms with Crippen LogP contribution in [0.4, 0.5) is 11.4 Å². The average molecular weight is 166 g/mol. The topological polar surface area (TPSA) is 78.3 Å². The molecule has 0 saturated heterocycles. The minimum atomic E-state index is 0.268. The third kappa shape index (κ3) is 1.18. The van der Waals surface area contributed by atoms with Gasteiger partial charge in [0.1, 0.15) is 5.75 Å². The molecule has 0 amide bonds. The highest BCUT2D eigenvalue weighted by molar-refractivity contribution is 5.91. The second-order valence-electron chi connectivity index (χ2n) is 2.30. The highest BCUT2D eigenvalue weighted by Crippen LogP contribution is 2.27. The molecule has 0 heterocycles. The van der Waals surface area contributed by atoms with Crippen molar-refractivity contribution in [2.75, 3.05) is 18.6 Å². The standard InChI is InChI=1S/C8H10N2O2/c1-12-7-3-2-6(9)8(10)5(7)4-11/h2-4H,9-10H2,1H3. The molecule has 0 spiro atoms. The van der Waals surface area contributed by atoms with Crippen LogP contribution in [0.25, 0.3) is 0 Å². The minimum Gasteiger partial charge on any atom is -0.496 e. The predicted octanol–water partition coefficient (Wildman–Crippen LogP) is 0.672. The number of carbonyl (C=O) groups excluding carboxylic acids is 1. The molecule has 0 aliphatic carbocycles. The highest BCUT2D eigenvalue weighted by Gasteiger charge is 2.07. The second-order valence-corrected chi connectivity index (χ2v) is 2.30. The zero-order valence-electron chi connectivity index (χ0n) is 6.70. The molecule has 0 aliphatic heterocycles. The SMILES string of the molecule is COc1ccc(N)c(N)c1C=O. The van der Waals surface area contributed by atoms with E-state index in [1.54, 1.807) is 12.1 Å². The van der Waals surface area contributed by atoms with Crippen LogP contribution in [-0.4, -0.2) is 13.4 Å². The van der Waals surface area contributed by atoms with Crippen LogP contribution in [0, 0.1) is 0 Å². The molecule has 0 bridgehead atoms. The zero-order valence-corrected chi connectivity index (χ0v) is 6.70. The smallest absolute Gasteiger partial charge is 0.155 e. The first kappa shape index (κ1) is 8.39. The Hall–Kier alpha value is -1.71. The molecular formula is C8H10N2O2. The monoisotopic (exact) mass is 166 g/mol. The van der Waals surface area contributed by atoms with E-state index in [0.717, 1.165) is 0 Å². The molecule has 12 heavy (non-hydrogen) atoms. The molecule has 0 aliphatic rings. The Morgan fingerprint density at radius 3 is 2.58 bits per heavy atom. The van der Waals surface area contributed by atoms with Gasteiger partial charge in [-0.05, 0) is 12.1 Å². The van der Waals surface area contributed by atoms with Crippen molar-refractivity contribution in [1.29, 1.82) is 0 Å². The number of hydrogen-bond acceptors (Lipinski definition) is 4. The van der Waals surface area contributed by atoms with E-state index in [4.69, 9.17) is 16.2 Å². The zero-order chi connectivity index (χ0) is 9.14. The number of methoxy groups -OCH3 is 1. The summed E-state index contributed by atoms with van der Waals surface area (Å²) in [5.41, 5.74) is 12.0. The summed E-state index contributed by atoms with van der Waals surface area (Å²) >= 11 is 0. The van der Waals surface area contributed by atoms with Crippen LogP contribution in [0.15, 0.2) is 12.1 Å². The molecule has 1 rings (SSSR count). The van der Waals surface area contributed by atoms with Crippen LogP contribution in [-0.2, 0) is 0 Å². The van der Waals surface area contributed by atoms with Crippen molar-refractivity contribution < 1.29 is 9.53 Å². The van der Waals surface area contributed by atoms with Crippen molar-refractivity contribution in [2.45, 2.75) is 0 Å². The molecule has 0 atom stereocenters. The molecule has 4 heteroatoms. The Morgan fingerprint density at radius 2 is 2.08 bits per heavy atom. The molecule has 0 fully saturated rings. The average Bonchev–Trinajstić information content (AvgIpc) is 2.09. The van der Waals surface area contributed by atoms with Gasteiger partial charge in [-0.3, -0.25) is 4.79 Å². The summed E-state index contributed by atoms with van der Waals surface area (Å²) in [5, 5.41) is 0. The lowest BCUT2D eigenvalue weighted by molar-refractivity contribution is 0.112. The normalized spacial score (nSPS) is 9.42. The maximum absolute atomic E-state index is 10.5. The van der Waals surface area contributed by atoms with Gasteiger partial charge < -0.3 is 16.2 Å². The maximum Gasteiger partial charge on any atom is 0.155 e.